The van der Waals surface area contributed by atoms with Crippen LogP contribution in [0.3, 0.4) is 0 Å². The number of hydrogen-bond acceptors (Lipinski definition) is 3. The van der Waals surface area contributed by atoms with Crippen molar-refractivity contribution in [2.24, 2.45) is 0 Å². The van der Waals surface area contributed by atoms with Gasteiger partial charge in [-0.1, -0.05) is 13.3 Å². The molecule has 0 aliphatic carbocycles. The molecule has 0 atom stereocenters. The molecule has 1 heterocycles. The van der Waals surface area contributed by atoms with Crippen LogP contribution in [0.4, 0.5) is 0 Å². The van der Waals surface area contributed by atoms with Crippen LogP contribution in [-0.4, -0.2) is 61.0 Å². The number of nitrogens with one attached hydrogen (secondary N) is 1. The Morgan fingerprint density at radius 3 is 2.35 bits per heavy atom. The van der Waals surface area contributed by atoms with Crippen LogP contribution in [0.2, 0.25) is 0 Å². The van der Waals surface area contributed by atoms with Gasteiger partial charge in [-0.2, -0.15) is 0 Å². The summed E-state index contributed by atoms with van der Waals surface area (Å²) in [6.07, 6.45) is 2.24. The molecular formula is C13H27N3O. The Balaban J connectivity index is 2.29. The second-order valence-electron chi connectivity index (χ2n) is 5.67. The van der Waals surface area contributed by atoms with Crippen LogP contribution in [0.5, 0.6) is 0 Å². The molecule has 100 valence electrons. The van der Waals surface area contributed by atoms with Gasteiger partial charge < -0.3 is 15.1 Å². The molecule has 1 aliphatic rings. The molecule has 0 radical (unpaired) electrons. The first-order chi connectivity index (χ1) is 7.94. The molecule has 1 fully saturated rings. The Labute approximate surface area is 105 Å². The number of piperazine rings is 1. The van der Waals surface area contributed by atoms with E-state index >= 15 is 0 Å². The maximum Gasteiger partial charge on any atom is 0.236 e. The fraction of sp³-hybridized carbons (Fsp3) is 0.923. The summed E-state index contributed by atoms with van der Waals surface area (Å²) in [7, 11) is 2.10. The van der Waals surface area contributed by atoms with Gasteiger partial charge in [-0.05, 0) is 27.3 Å². The van der Waals surface area contributed by atoms with E-state index in [9.17, 15) is 4.79 Å². The minimum Gasteiger partial charge on any atom is -0.339 e. The summed E-state index contributed by atoms with van der Waals surface area (Å²) in [5.74, 6) is 0.238. The maximum atomic E-state index is 12.0. The molecule has 1 rings (SSSR count). The summed E-state index contributed by atoms with van der Waals surface area (Å²) in [4.78, 5) is 16.2. The molecular weight excluding hydrogens is 214 g/mol. The fourth-order valence-corrected chi connectivity index (χ4v) is 2.20. The topological polar surface area (TPSA) is 35.6 Å². The predicted molar refractivity (Wildman–Crippen MR) is 71.1 cm³/mol. The quantitative estimate of drug-likeness (QED) is 0.778. The SMILES string of the molecule is CCCC(C)(C)NCC(=O)N1CCN(C)CC1. The Bertz CT molecular complexity index is 245. The first kappa shape index (κ1) is 14.5. The third-order valence-electron chi connectivity index (χ3n) is 3.45. The highest BCUT2D eigenvalue weighted by Crippen LogP contribution is 2.10. The molecule has 0 unspecified atom stereocenters. The van der Waals surface area contributed by atoms with Crippen molar-refractivity contribution in [3.8, 4) is 0 Å². The van der Waals surface area contributed by atoms with Crippen molar-refractivity contribution in [2.45, 2.75) is 39.2 Å². The Hall–Kier alpha value is -0.610. The van der Waals surface area contributed by atoms with E-state index < -0.39 is 0 Å². The van der Waals surface area contributed by atoms with Crippen LogP contribution in [-0.2, 0) is 4.79 Å². The van der Waals surface area contributed by atoms with Crippen LogP contribution in [0.15, 0.2) is 0 Å². The summed E-state index contributed by atoms with van der Waals surface area (Å²) >= 11 is 0. The largest absolute Gasteiger partial charge is 0.339 e. The number of rotatable bonds is 5. The zero-order valence-corrected chi connectivity index (χ0v) is 11.8. The molecule has 0 aromatic rings. The standard InChI is InChI=1S/C13H27N3O/c1-5-6-13(2,3)14-11-12(17)16-9-7-15(4)8-10-16/h14H,5-11H2,1-4H3. The van der Waals surface area contributed by atoms with E-state index in [1.807, 2.05) is 4.90 Å². The zero-order chi connectivity index (χ0) is 12.9. The van der Waals surface area contributed by atoms with Gasteiger partial charge in [0, 0.05) is 31.7 Å². The molecule has 1 saturated heterocycles. The van der Waals surface area contributed by atoms with Crippen molar-refractivity contribution < 1.29 is 4.79 Å². The number of nitrogens with zero attached hydrogens (tertiary/aromatic N) is 2. The van der Waals surface area contributed by atoms with Crippen molar-refractivity contribution in [3.63, 3.8) is 0 Å². The molecule has 0 spiro atoms. The van der Waals surface area contributed by atoms with E-state index in [0.717, 1.165) is 39.0 Å². The molecule has 4 nitrogen and oxygen atoms in total. The molecule has 1 N–H and O–H groups in total. The number of hydrogen-bond donors (Lipinski definition) is 1. The lowest BCUT2D eigenvalue weighted by atomic mass is 9.99. The van der Waals surface area contributed by atoms with E-state index in [2.05, 4.69) is 38.0 Å². The van der Waals surface area contributed by atoms with Crippen molar-refractivity contribution in [1.29, 1.82) is 0 Å². The Morgan fingerprint density at radius 1 is 1.24 bits per heavy atom. The third kappa shape index (κ3) is 5.04. The second-order valence-corrected chi connectivity index (χ2v) is 5.67. The zero-order valence-electron chi connectivity index (χ0n) is 11.8. The molecule has 1 amide bonds. The molecule has 0 aromatic carbocycles. The number of carbonyl (C=O) groups excluding carboxylic acids is 1. The lowest BCUT2D eigenvalue weighted by Gasteiger charge is -2.34. The molecule has 4 heteroatoms. The van der Waals surface area contributed by atoms with Gasteiger partial charge in [0.15, 0.2) is 0 Å². The average Bonchev–Trinajstić information content (AvgIpc) is 2.27. The van der Waals surface area contributed by atoms with Crippen LogP contribution in [0, 0.1) is 0 Å². The third-order valence-corrected chi connectivity index (χ3v) is 3.45. The summed E-state index contributed by atoms with van der Waals surface area (Å²) in [6, 6.07) is 0. The van der Waals surface area contributed by atoms with E-state index in [-0.39, 0.29) is 11.4 Å². The Kier molecular flexibility index (Phi) is 5.40. The van der Waals surface area contributed by atoms with Gasteiger partial charge in [0.05, 0.1) is 6.54 Å². The van der Waals surface area contributed by atoms with Crippen molar-refractivity contribution >= 4 is 5.91 Å². The van der Waals surface area contributed by atoms with Crippen molar-refractivity contribution in [3.05, 3.63) is 0 Å². The molecule has 1 aliphatic heterocycles. The fourth-order valence-electron chi connectivity index (χ4n) is 2.20. The normalized spacial score (nSPS) is 18.5. The number of likely N-dealkylation sites (N-methyl/N-ethyl adjacent to an activating group) is 1. The lowest BCUT2D eigenvalue weighted by molar-refractivity contribution is -0.132. The van der Waals surface area contributed by atoms with Gasteiger partial charge in [-0.15, -0.1) is 0 Å². The molecule has 17 heavy (non-hydrogen) atoms. The lowest BCUT2D eigenvalue weighted by Crippen LogP contribution is -2.52. The Morgan fingerprint density at radius 2 is 1.82 bits per heavy atom. The molecule has 0 saturated carbocycles. The van der Waals surface area contributed by atoms with E-state index in [1.54, 1.807) is 0 Å². The summed E-state index contributed by atoms with van der Waals surface area (Å²) in [5, 5.41) is 3.36. The first-order valence-electron chi connectivity index (χ1n) is 6.66. The monoisotopic (exact) mass is 241 g/mol. The van der Waals surface area contributed by atoms with Gasteiger partial charge in [0.25, 0.3) is 0 Å². The van der Waals surface area contributed by atoms with E-state index in [0.29, 0.717) is 6.54 Å². The first-order valence-corrected chi connectivity index (χ1v) is 6.66. The van der Waals surface area contributed by atoms with Crippen molar-refractivity contribution in [2.75, 3.05) is 39.8 Å². The minimum atomic E-state index is 0.0665. The highest BCUT2D eigenvalue weighted by atomic mass is 16.2. The van der Waals surface area contributed by atoms with Gasteiger partial charge in [-0.25, -0.2) is 0 Å². The van der Waals surface area contributed by atoms with Crippen molar-refractivity contribution in [1.82, 2.24) is 15.1 Å². The number of carbonyl (C=O) groups is 1. The highest BCUT2D eigenvalue weighted by molar-refractivity contribution is 5.78. The second kappa shape index (κ2) is 6.36. The molecule has 0 bridgehead atoms. The van der Waals surface area contributed by atoms with E-state index in [4.69, 9.17) is 0 Å². The van der Waals surface area contributed by atoms with Gasteiger partial charge >= 0.3 is 0 Å². The smallest absolute Gasteiger partial charge is 0.236 e. The minimum absolute atomic E-state index is 0.0665. The summed E-state index contributed by atoms with van der Waals surface area (Å²) < 4.78 is 0. The van der Waals surface area contributed by atoms with Crippen LogP contribution >= 0.6 is 0 Å². The predicted octanol–water partition coefficient (Wildman–Crippen LogP) is 0.929. The van der Waals surface area contributed by atoms with Gasteiger partial charge in [0.2, 0.25) is 5.91 Å². The average molecular weight is 241 g/mol. The van der Waals surface area contributed by atoms with E-state index in [1.165, 1.54) is 0 Å². The maximum absolute atomic E-state index is 12.0. The van der Waals surface area contributed by atoms with Gasteiger partial charge in [-0.3, -0.25) is 4.79 Å². The van der Waals surface area contributed by atoms with Gasteiger partial charge in [0.1, 0.15) is 0 Å². The number of amides is 1. The molecule has 0 aromatic heterocycles. The van der Waals surface area contributed by atoms with Crippen LogP contribution < -0.4 is 5.32 Å². The highest BCUT2D eigenvalue weighted by Gasteiger charge is 2.21. The van der Waals surface area contributed by atoms with Crippen LogP contribution in [0.25, 0.3) is 0 Å². The summed E-state index contributed by atoms with van der Waals surface area (Å²) in [6.45, 7) is 10.7. The van der Waals surface area contributed by atoms with Crippen LogP contribution in [0.1, 0.15) is 33.6 Å². The summed E-state index contributed by atoms with van der Waals surface area (Å²) in [5.41, 5.74) is 0.0665.